The molecule has 0 spiro atoms. The number of halogens is 1. The van der Waals surface area contributed by atoms with Crippen molar-refractivity contribution in [1.29, 1.82) is 5.26 Å². The number of anilines is 1. The van der Waals surface area contributed by atoms with Gasteiger partial charge in [0.1, 0.15) is 0 Å². The Kier molecular flexibility index (Phi) is 5.24. The van der Waals surface area contributed by atoms with Gasteiger partial charge in [-0.3, -0.25) is 9.88 Å². The molecule has 0 unspecified atom stereocenters. The van der Waals surface area contributed by atoms with Gasteiger partial charge in [0.15, 0.2) is 0 Å². The zero-order chi connectivity index (χ0) is 18.6. The number of hydrogen-bond donors (Lipinski definition) is 0. The molecule has 0 amide bonds. The van der Waals surface area contributed by atoms with E-state index in [1.165, 1.54) is 11.3 Å². The monoisotopic (exact) mass is 376 g/mol. The number of benzene rings is 2. The summed E-state index contributed by atoms with van der Waals surface area (Å²) in [5.41, 5.74) is 4.12. The summed E-state index contributed by atoms with van der Waals surface area (Å²) in [4.78, 5) is 9.45. The molecule has 27 heavy (non-hydrogen) atoms. The fourth-order valence-corrected chi connectivity index (χ4v) is 3.91. The first-order valence-electron chi connectivity index (χ1n) is 9.24. The van der Waals surface area contributed by atoms with Crippen LogP contribution in [-0.4, -0.2) is 36.1 Å². The molecule has 1 saturated heterocycles. The SMILES string of the molecule is N#Cc1ccc(N2CCCN(Cc3ccc(Cl)c4cccnc34)CC2)cc1. The molecule has 0 aliphatic carbocycles. The van der Waals surface area contributed by atoms with Crippen molar-refractivity contribution < 1.29 is 0 Å². The quantitative estimate of drug-likeness (QED) is 0.676. The zero-order valence-corrected chi connectivity index (χ0v) is 15.9. The largest absolute Gasteiger partial charge is 0.370 e. The van der Waals surface area contributed by atoms with Crippen molar-refractivity contribution in [2.75, 3.05) is 31.1 Å². The smallest absolute Gasteiger partial charge is 0.0991 e. The molecule has 1 aromatic heterocycles. The normalized spacial score (nSPS) is 15.5. The van der Waals surface area contributed by atoms with Crippen LogP contribution in [0.2, 0.25) is 5.02 Å². The van der Waals surface area contributed by atoms with Gasteiger partial charge in [-0.15, -0.1) is 0 Å². The van der Waals surface area contributed by atoms with Gasteiger partial charge in [-0.1, -0.05) is 17.7 Å². The van der Waals surface area contributed by atoms with Gasteiger partial charge < -0.3 is 4.90 Å². The van der Waals surface area contributed by atoms with Crippen molar-refractivity contribution >= 4 is 28.2 Å². The summed E-state index contributed by atoms with van der Waals surface area (Å²) in [5.74, 6) is 0. The third-order valence-corrected chi connectivity index (χ3v) is 5.47. The highest BCUT2D eigenvalue weighted by Crippen LogP contribution is 2.26. The Morgan fingerprint density at radius 3 is 2.67 bits per heavy atom. The van der Waals surface area contributed by atoms with Crippen molar-refractivity contribution in [3.05, 3.63) is 70.9 Å². The maximum Gasteiger partial charge on any atom is 0.0991 e. The molecule has 4 nitrogen and oxygen atoms in total. The first-order valence-corrected chi connectivity index (χ1v) is 9.62. The van der Waals surface area contributed by atoms with E-state index in [1.807, 2.05) is 48.7 Å². The maximum atomic E-state index is 8.97. The van der Waals surface area contributed by atoms with Crippen molar-refractivity contribution in [1.82, 2.24) is 9.88 Å². The minimum atomic E-state index is 0.706. The lowest BCUT2D eigenvalue weighted by Crippen LogP contribution is -2.30. The summed E-state index contributed by atoms with van der Waals surface area (Å²) in [6, 6.07) is 18.1. The van der Waals surface area contributed by atoms with Crippen LogP contribution in [0, 0.1) is 11.3 Å². The van der Waals surface area contributed by atoms with E-state index in [1.54, 1.807) is 0 Å². The van der Waals surface area contributed by atoms with Crippen LogP contribution in [0.15, 0.2) is 54.7 Å². The van der Waals surface area contributed by atoms with Crippen LogP contribution >= 0.6 is 11.6 Å². The fourth-order valence-electron chi connectivity index (χ4n) is 3.70. The number of aromatic nitrogens is 1. The highest BCUT2D eigenvalue weighted by atomic mass is 35.5. The van der Waals surface area contributed by atoms with Crippen molar-refractivity contribution in [3.8, 4) is 6.07 Å². The van der Waals surface area contributed by atoms with Crippen LogP contribution in [-0.2, 0) is 6.54 Å². The summed E-state index contributed by atoms with van der Waals surface area (Å²) in [6.07, 6.45) is 2.94. The molecule has 1 aliphatic rings. The molecule has 1 aliphatic heterocycles. The summed E-state index contributed by atoms with van der Waals surface area (Å²) in [5, 5.41) is 10.7. The first-order chi connectivity index (χ1) is 13.2. The number of rotatable bonds is 3. The van der Waals surface area contributed by atoms with E-state index in [-0.39, 0.29) is 0 Å². The average molecular weight is 377 g/mol. The number of fused-ring (bicyclic) bond motifs is 1. The van der Waals surface area contributed by atoms with Gasteiger partial charge in [0.25, 0.3) is 0 Å². The topological polar surface area (TPSA) is 43.2 Å². The molecule has 0 bridgehead atoms. The van der Waals surface area contributed by atoms with Crippen molar-refractivity contribution in [2.45, 2.75) is 13.0 Å². The molecule has 136 valence electrons. The average Bonchev–Trinajstić information content (AvgIpc) is 2.96. The Bertz CT molecular complexity index is 978. The molecule has 3 aromatic rings. The lowest BCUT2D eigenvalue weighted by molar-refractivity contribution is 0.286. The number of hydrogen-bond acceptors (Lipinski definition) is 4. The molecule has 0 N–H and O–H groups in total. The number of nitriles is 1. The molecule has 4 rings (SSSR count). The van der Waals surface area contributed by atoms with Gasteiger partial charge >= 0.3 is 0 Å². The van der Waals surface area contributed by atoms with Crippen LogP contribution in [0.3, 0.4) is 0 Å². The summed E-state index contributed by atoms with van der Waals surface area (Å²) in [6.45, 7) is 4.94. The van der Waals surface area contributed by atoms with E-state index in [0.29, 0.717) is 5.56 Å². The standard InChI is InChI=1S/C22H21ClN4/c23-21-9-6-18(22-20(21)3-1-10-25-22)16-26-11-2-12-27(14-13-26)19-7-4-17(15-24)5-8-19/h1,3-10H,2,11-14,16H2. The highest BCUT2D eigenvalue weighted by Gasteiger charge is 2.17. The zero-order valence-electron chi connectivity index (χ0n) is 15.1. The minimum Gasteiger partial charge on any atom is -0.370 e. The van der Waals surface area contributed by atoms with Gasteiger partial charge in [0.05, 0.1) is 17.1 Å². The van der Waals surface area contributed by atoms with Crippen molar-refractivity contribution in [2.24, 2.45) is 0 Å². The Labute approximate surface area is 164 Å². The molecule has 0 radical (unpaired) electrons. The van der Waals surface area contributed by atoms with Crippen LogP contribution in [0.1, 0.15) is 17.5 Å². The molecule has 2 heterocycles. The Hall–Kier alpha value is -2.61. The van der Waals surface area contributed by atoms with E-state index in [0.717, 1.165) is 55.1 Å². The van der Waals surface area contributed by atoms with Crippen LogP contribution in [0.5, 0.6) is 0 Å². The van der Waals surface area contributed by atoms with Gasteiger partial charge in [0, 0.05) is 55.0 Å². The lowest BCUT2D eigenvalue weighted by atomic mass is 10.1. The fraction of sp³-hybridized carbons (Fsp3) is 0.273. The molecular formula is C22H21ClN4. The van der Waals surface area contributed by atoms with Gasteiger partial charge in [0.2, 0.25) is 0 Å². The van der Waals surface area contributed by atoms with Crippen molar-refractivity contribution in [3.63, 3.8) is 0 Å². The Morgan fingerprint density at radius 1 is 1.00 bits per heavy atom. The molecule has 2 aromatic carbocycles. The third kappa shape index (κ3) is 3.90. The molecule has 1 fully saturated rings. The van der Waals surface area contributed by atoms with E-state index in [4.69, 9.17) is 16.9 Å². The van der Waals surface area contributed by atoms with Gasteiger partial charge in [-0.05, 0) is 54.4 Å². The first kappa shape index (κ1) is 17.8. The number of pyridine rings is 1. The second-order valence-corrected chi connectivity index (χ2v) is 7.29. The van der Waals surface area contributed by atoms with E-state index < -0.39 is 0 Å². The summed E-state index contributed by atoms with van der Waals surface area (Å²) in [7, 11) is 0. The second kappa shape index (κ2) is 7.96. The third-order valence-electron chi connectivity index (χ3n) is 5.14. The summed E-state index contributed by atoms with van der Waals surface area (Å²) >= 11 is 6.33. The predicted octanol–water partition coefficient (Wildman–Crippen LogP) is 4.47. The minimum absolute atomic E-state index is 0.706. The predicted molar refractivity (Wildman–Crippen MR) is 110 cm³/mol. The Balaban J connectivity index is 1.47. The highest BCUT2D eigenvalue weighted by molar-refractivity contribution is 6.35. The van der Waals surface area contributed by atoms with Gasteiger partial charge in [-0.25, -0.2) is 0 Å². The van der Waals surface area contributed by atoms with E-state index in [9.17, 15) is 0 Å². The molecule has 0 atom stereocenters. The van der Waals surface area contributed by atoms with Crippen LogP contribution in [0.25, 0.3) is 10.9 Å². The van der Waals surface area contributed by atoms with Crippen LogP contribution < -0.4 is 4.90 Å². The lowest BCUT2D eigenvalue weighted by Gasteiger charge is -2.24. The Morgan fingerprint density at radius 2 is 1.85 bits per heavy atom. The molecule has 5 heteroatoms. The maximum absolute atomic E-state index is 8.97. The van der Waals surface area contributed by atoms with E-state index >= 15 is 0 Å². The molecule has 0 saturated carbocycles. The van der Waals surface area contributed by atoms with Gasteiger partial charge in [-0.2, -0.15) is 5.26 Å². The second-order valence-electron chi connectivity index (χ2n) is 6.88. The summed E-state index contributed by atoms with van der Waals surface area (Å²) < 4.78 is 0. The van der Waals surface area contributed by atoms with Crippen LogP contribution in [0.4, 0.5) is 5.69 Å². The molecular weight excluding hydrogens is 356 g/mol. The van der Waals surface area contributed by atoms with E-state index in [2.05, 4.69) is 26.9 Å². The number of nitrogens with zero attached hydrogens (tertiary/aromatic N) is 4.